The highest BCUT2D eigenvalue weighted by Crippen LogP contribution is 2.27. The van der Waals surface area contributed by atoms with E-state index in [0.29, 0.717) is 6.54 Å². The molecule has 3 nitrogen and oxygen atoms in total. The maximum atomic E-state index is 12.6. The minimum absolute atomic E-state index is 0.0186. The van der Waals surface area contributed by atoms with Gasteiger partial charge in [0.2, 0.25) is 0 Å². The highest BCUT2D eigenvalue weighted by Gasteiger charge is 2.20. The third-order valence-electron chi connectivity index (χ3n) is 3.13. The van der Waals surface area contributed by atoms with Gasteiger partial charge in [-0.3, -0.25) is 4.79 Å². The summed E-state index contributed by atoms with van der Waals surface area (Å²) in [6.07, 6.45) is 0. The van der Waals surface area contributed by atoms with Gasteiger partial charge in [-0.2, -0.15) is 11.3 Å². The quantitative estimate of drug-likeness (QED) is 0.927. The van der Waals surface area contributed by atoms with Gasteiger partial charge in [0.15, 0.2) is 0 Å². The number of aryl methyl sites for hydroxylation is 2. The summed E-state index contributed by atoms with van der Waals surface area (Å²) < 4.78 is 0. The SMILES string of the molecule is CCN(C(=O)c1cscc1C)c1cc(O)ccc1C. The summed E-state index contributed by atoms with van der Waals surface area (Å²) in [5.74, 6) is 0.156. The topological polar surface area (TPSA) is 40.5 Å². The number of rotatable bonds is 3. The molecule has 0 atom stereocenters. The van der Waals surface area contributed by atoms with Gasteiger partial charge in [0.1, 0.15) is 5.75 Å². The van der Waals surface area contributed by atoms with Crippen molar-refractivity contribution in [3.8, 4) is 5.75 Å². The van der Waals surface area contributed by atoms with Crippen molar-refractivity contribution in [2.75, 3.05) is 11.4 Å². The summed E-state index contributed by atoms with van der Waals surface area (Å²) in [6, 6.07) is 5.09. The second-order valence-electron chi connectivity index (χ2n) is 4.49. The average molecular weight is 275 g/mol. The second kappa shape index (κ2) is 5.45. The molecule has 0 fully saturated rings. The van der Waals surface area contributed by atoms with Crippen molar-refractivity contribution in [2.24, 2.45) is 0 Å². The lowest BCUT2D eigenvalue weighted by Gasteiger charge is -2.23. The molecule has 1 amide bonds. The number of phenolic OH excluding ortho intramolecular Hbond substituents is 1. The Morgan fingerprint density at radius 3 is 2.58 bits per heavy atom. The third kappa shape index (κ3) is 2.63. The first kappa shape index (κ1) is 13.6. The molecule has 0 bridgehead atoms. The Morgan fingerprint density at radius 1 is 1.26 bits per heavy atom. The van der Waals surface area contributed by atoms with Gasteiger partial charge in [0, 0.05) is 18.0 Å². The molecule has 2 rings (SSSR count). The predicted octanol–water partition coefficient (Wildman–Crippen LogP) is 3.74. The number of carbonyl (C=O) groups excluding carboxylic acids is 1. The van der Waals surface area contributed by atoms with E-state index in [1.165, 1.54) is 11.3 Å². The van der Waals surface area contributed by atoms with Gasteiger partial charge >= 0.3 is 0 Å². The summed E-state index contributed by atoms with van der Waals surface area (Å²) in [6.45, 7) is 6.37. The Labute approximate surface area is 117 Å². The fourth-order valence-corrected chi connectivity index (χ4v) is 2.86. The summed E-state index contributed by atoms with van der Waals surface area (Å²) >= 11 is 1.53. The Morgan fingerprint density at radius 2 is 2.00 bits per heavy atom. The van der Waals surface area contributed by atoms with Crippen molar-refractivity contribution in [2.45, 2.75) is 20.8 Å². The van der Waals surface area contributed by atoms with Crippen molar-refractivity contribution in [3.05, 3.63) is 45.6 Å². The number of benzene rings is 1. The van der Waals surface area contributed by atoms with Gasteiger partial charge in [-0.1, -0.05) is 6.07 Å². The maximum absolute atomic E-state index is 12.6. The van der Waals surface area contributed by atoms with E-state index in [4.69, 9.17) is 0 Å². The summed E-state index contributed by atoms with van der Waals surface area (Å²) in [5.41, 5.74) is 3.46. The lowest BCUT2D eigenvalue weighted by atomic mass is 10.1. The molecule has 1 N–H and O–H groups in total. The highest BCUT2D eigenvalue weighted by molar-refractivity contribution is 7.08. The molecule has 4 heteroatoms. The van der Waals surface area contributed by atoms with E-state index in [2.05, 4.69) is 0 Å². The fourth-order valence-electron chi connectivity index (χ4n) is 2.04. The van der Waals surface area contributed by atoms with Crippen LogP contribution in [0.4, 0.5) is 5.69 Å². The van der Waals surface area contributed by atoms with Crippen LogP contribution in [0.2, 0.25) is 0 Å². The first-order valence-electron chi connectivity index (χ1n) is 6.19. The van der Waals surface area contributed by atoms with E-state index in [9.17, 15) is 9.90 Å². The number of carbonyl (C=O) groups is 1. The number of thiophene rings is 1. The molecule has 0 aliphatic rings. The molecule has 2 aromatic rings. The van der Waals surface area contributed by atoms with Gasteiger partial charge in [-0.15, -0.1) is 0 Å². The summed E-state index contributed by atoms with van der Waals surface area (Å²) in [4.78, 5) is 14.3. The number of hydrogen-bond donors (Lipinski definition) is 1. The third-order valence-corrected chi connectivity index (χ3v) is 3.99. The zero-order chi connectivity index (χ0) is 14.0. The molecule has 1 aromatic carbocycles. The molecule has 100 valence electrons. The standard InChI is InChI=1S/C15H17NO2S/c1-4-16(14-7-12(17)6-5-10(14)2)15(18)13-9-19-8-11(13)3/h5-9,17H,4H2,1-3H3. The van der Waals surface area contributed by atoms with Gasteiger partial charge < -0.3 is 10.0 Å². The molecule has 0 saturated heterocycles. The lowest BCUT2D eigenvalue weighted by molar-refractivity contribution is 0.0988. The van der Waals surface area contributed by atoms with E-state index in [0.717, 1.165) is 22.4 Å². The zero-order valence-corrected chi connectivity index (χ0v) is 12.1. The van der Waals surface area contributed by atoms with Crippen molar-refractivity contribution >= 4 is 22.9 Å². The van der Waals surface area contributed by atoms with Crippen LogP contribution in [0.1, 0.15) is 28.4 Å². The Hall–Kier alpha value is -1.81. The summed E-state index contributed by atoms with van der Waals surface area (Å²) in [7, 11) is 0. The first-order chi connectivity index (χ1) is 9.04. The monoisotopic (exact) mass is 275 g/mol. The van der Waals surface area contributed by atoms with Crippen molar-refractivity contribution in [1.82, 2.24) is 0 Å². The van der Waals surface area contributed by atoms with Crippen LogP contribution in [0, 0.1) is 13.8 Å². The molecule has 0 radical (unpaired) electrons. The van der Waals surface area contributed by atoms with Crippen LogP contribution in [0.25, 0.3) is 0 Å². The largest absolute Gasteiger partial charge is 0.508 e. The molecule has 1 heterocycles. The fraction of sp³-hybridized carbons (Fsp3) is 0.267. The van der Waals surface area contributed by atoms with Crippen LogP contribution in [-0.2, 0) is 0 Å². The number of phenols is 1. The lowest BCUT2D eigenvalue weighted by Crippen LogP contribution is -2.31. The Bertz CT molecular complexity index is 604. The van der Waals surface area contributed by atoms with Crippen molar-refractivity contribution in [1.29, 1.82) is 0 Å². The zero-order valence-electron chi connectivity index (χ0n) is 11.3. The predicted molar refractivity (Wildman–Crippen MR) is 79.3 cm³/mol. The van der Waals surface area contributed by atoms with Crippen LogP contribution in [-0.4, -0.2) is 17.6 Å². The summed E-state index contributed by atoms with van der Waals surface area (Å²) in [5, 5.41) is 13.5. The Balaban J connectivity index is 2.43. The number of hydrogen-bond acceptors (Lipinski definition) is 3. The van der Waals surface area contributed by atoms with E-state index in [1.54, 1.807) is 17.0 Å². The van der Waals surface area contributed by atoms with E-state index >= 15 is 0 Å². The van der Waals surface area contributed by atoms with Crippen molar-refractivity contribution in [3.63, 3.8) is 0 Å². The van der Waals surface area contributed by atoms with E-state index < -0.39 is 0 Å². The van der Waals surface area contributed by atoms with Crippen LogP contribution >= 0.6 is 11.3 Å². The first-order valence-corrected chi connectivity index (χ1v) is 7.13. The minimum Gasteiger partial charge on any atom is -0.508 e. The van der Waals surface area contributed by atoms with Crippen LogP contribution in [0.5, 0.6) is 5.75 Å². The molecule has 0 aliphatic carbocycles. The number of amides is 1. The average Bonchev–Trinajstić information content (AvgIpc) is 2.80. The molecular weight excluding hydrogens is 258 g/mol. The van der Waals surface area contributed by atoms with Gasteiger partial charge in [0.05, 0.1) is 11.3 Å². The minimum atomic E-state index is -0.0186. The highest BCUT2D eigenvalue weighted by atomic mass is 32.1. The number of anilines is 1. The molecular formula is C15H17NO2S. The molecule has 0 spiro atoms. The van der Waals surface area contributed by atoms with Crippen LogP contribution in [0.15, 0.2) is 29.0 Å². The van der Waals surface area contributed by atoms with Gasteiger partial charge in [-0.25, -0.2) is 0 Å². The Kier molecular flexibility index (Phi) is 3.90. The maximum Gasteiger partial charge on any atom is 0.259 e. The van der Waals surface area contributed by atoms with E-state index in [-0.39, 0.29) is 11.7 Å². The van der Waals surface area contributed by atoms with Gasteiger partial charge in [0.25, 0.3) is 5.91 Å². The molecule has 19 heavy (non-hydrogen) atoms. The molecule has 1 aromatic heterocycles. The van der Waals surface area contributed by atoms with Crippen LogP contribution in [0.3, 0.4) is 0 Å². The molecule has 0 aliphatic heterocycles. The number of aromatic hydroxyl groups is 1. The van der Waals surface area contributed by atoms with E-state index in [1.807, 2.05) is 37.6 Å². The van der Waals surface area contributed by atoms with Crippen LogP contribution < -0.4 is 4.90 Å². The normalized spacial score (nSPS) is 10.5. The molecule has 0 unspecified atom stereocenters. The molecule has 0 saturated carbocycles. The number of nitrogens with zero attached hydrogens (tertiary/aromatic N) is 1. The second-order valence-corrected chi connectivity index (χ2v) is 5.23. The van der Waals surface area contributed by atoms with Gasteiger partial charge in [-0.05, 0) is 43.3 Å². The smallest absolute Gasteiger partial charge is 0.259 e. The van der Waals surface area contributed by atoms with Crippen molar-refractivity contribution < 1.29 is 9.90 Å².